The Morgan fingerprint density at radius 2 is 2.07 bits per heavy atom. The SMILES string of the molecule is CCC(CCCl)NC(=O)CC(F)(F)F. The molecular formula is C8H13ClF3NO. The Balaban J connectivity index is 3.91. The van der Waals surface area contributed by atoms with Gasteiger partial charge in [0.25, 0.3) is 0 Å². The lowest BCUT2D eigenvalue weighted by Gasteiger charge is -2.16. The van der Waals surface area contributed by atoms with Gasteiger partial charge in [0.1, 0.15) is 6.42 Å². The zero-order valence-electron chi connectivity index (χ0n) is 7.83. The fourth-order valence-corrected chi connectivity index (χ4v) is 1.23. The molecule has 1 amide bonds. The largest absolute Gasteiger partial charge is 0.397 e. The van der Waals surface area contributed by atoms with Crippen molar-refractivity contribution < 1.29 is 18.0 Å². The average molecular weight is 232 g/mol. The van der Waals surface area contributed by atoms with Gasteiger partial charge in [0, 0.05) is 11.9 Å². The number of hydrogen-bond acceptors (Lipinski definition) is 1. The molecule has 0 fully saturated rings. The van der Waals surface area contributed by atoms with Gasteiger partial charge in [-0.3, -0.25) is 4.79 Å². The first-order chi connectivity index (χ1) is 6.39. The Bertz CT molecular complexity index is 184. The summed E-state index contributed by atoms with van der Waals surface area (Å²) in [5, 5.41) is 2.28. The van der Waals surface area contributed by atoms with Crippen molar-refractivity contribution in [3.8, 4) is 0 Å². The first-order valence-electron chi connectivity index (χ1n) is 4.31. The van der Waals surface area contributed by atoms with E-state index >= 15 is 0 Å². The summed E-state index contributed by atoms with van der Waals surface area (Å²) in [7, 11) is 0. The number of halogens is 4. The van der Waals surface area contributed by atoms with Crippen molar-refractivity contribution in [3.05, 3.63) is 0 Å². The zero-order valence-corrected chi connectivity index (χ0v) is 8.58. The maximum absolute atomic E-state index is 11.8. The van der Waals surface area contributed by atoms with E-state index in [1.54, 1.807) is 6.92 Å². The van der Waals surface area contributed by atoms with E-state index in [0.29, 0.717) is 18.7 Å². The maximum Gasteiger partial charge on any atom is 0.397 e. The molecule has 0 aliphatic rings. The molecule has 0 aliphatic carbocycles. The van der Waals surface area contributed by atoms with Crippen LogP contribution in [0.1, 0.15) is 26.2 Å². The Morgan fingerprint density at radius 3 is 2.43 bits per heavy atom. The predicted molar refractivity (Wildman–Crippen MR) is 48.2 cm³/mol. The molecule has 0 bridgehead atoms. The molecule has 84 valence electrons. The van der Waals surface area contributed by atoms with E-state index in [9.17, 15) is 18.0 Å². The molecule has 0 rings (SSSR count). The van der Waals surface area contributed by atoms with Crippen molar-refractivity contribution in [2.24, 2.45) is 0 Å². The molecule has 1 unspecified atom stereocenters. The van der Waals surface area contributed by atoms with E-state index < -0.39 is 18.5 Å². The topological polar surface area (TPSA) is 29.1 Å². The first-order valence-corrected chi connectivity index (χ1v) is 4.84. The van der Waals surface area contributed by atoms with Gasteiger partial charge in [0.2, 0.25) is 5.91 Å². The van der Waals surface area contributed by atoms with Crippen molar-refractivity contribution >= 4 is 17.5 Å². The molecule has 0 saturated carbocycles. The van der Waals surface area contributed by atoms with Crippen LogP contribution in [-0.4, -0.2) is 24.0 Å². The van der Waals surface area contributed by atoms with Crippen LogP contribution < -0.4 is 5.32 Å². The highest BCUT2D eigenvalue weighted by Gasteiger charge is 2.31. The summed E-state index contributed by atoms with van der Waals surface area (Å²) in [4.78, 5) is 10.8. The van der Waals surface area contributed by atoms with Crippen LogP contribution in [0.15, 0.2) is 0 Å². The quantitative estimate of drug-likeness (QED) is 0.724. The van der Waals surface area contributed by atoms with Crippen LogP contribution in [0.5, 0.6) is 0 Å². The third-order valence-electron chi connectivity index (χ3n) is 1.68. The van der Waals surface area contributed by atoms with Crippen molar-refractivity contribution in [1.82, 2.24) is 5.32 Å². The molecule has 6 heteroatoms. The first kappa shape index (κ1) is 13.5. The molecule has 14 heavy (non-hydrogen) atoms. The normalized spacial score (nSPS) is 13.8. The predicted octanol–water partition coefficient (Wildman–Crippen LogP) is 2.46. The Kier molecular flexibility index (Phi) is 5.92. The molecule has 0 saturated heterocycles. The highest BCUT2D eigenvalue weighted by atomic mass is 35.5. The third-order valence-corrected chi connectivity index (χ3v) is 1.89. The molecule has 0 aromatic heterocycles. The lowest BCUT2D eigenvalue weighted by molar-refractivity contribution is -0.154. The monoisotopic (exact) mass is 231 g/mol. The molecule has 1 atom stereocenters. The molecule has 1 N–H and O–H groups in total. The van der Waals surface area contributed by atoms with Crippen LogP contribution in [0.4, 0.5) is 13.2 Å². The molecule has 0 aliphatic heterocycles. The van der Waals surface area contributed by atoms with Crippen LogP contribution in [0, 0.1) is 0 Å². The van der Waals surface area contributed by atoms with Gasteiger partial charge < -0.3 is 5.32 Å². The van der Waals surface area contributed by atoms with E-state index in [1.165, 1.54) is 0 Å². The smallest absolute Gasteiger partial charge is 0.353 e. The standard InChI is InChI=1S/C8H13ClF3NO/c1-2-6(3-4-9)13-7(14)5-8(10,11)12/h6H,2-5H2,1H3,(H,13,14). The van der Waals surface area contributed by atoms with Gasteiger partial charge in [-0.1, -0.05) is 6.92 Å². The number of carbonyl (C=O) groups is 1. The van der Waals surface area contributed by atoms with Crippen LogP contribution in [0.3, 0.4) is 0 Å². The molecule has 0 aromatic carbocycles. The number of alkyl halides is 4. The summed E-state index contributed by atoms with van der Waals surface area (Å²) in [6, 6.07) is -0.262. The zero-order chi connectivity index (χ0) is 11.2. The highest BCUT2D eigenvalue weighted by molar-refractivity contribution is 6.17. The number of carbonyl (C=O) groups excluding carboxylic acids is 1. The molecule has 2 nitrogen and oxygen atoms in total. The summed E-state index contributed by atoms with van der Waals surface area (Å²) >= 11 is 5.42. The third kappa shape index (κ3) is 7.00. The summed E-state index contributed by atoms with van der Waals surface area (Å²) in [6.45, 7) is 1.78. The molecule has 0 radical (unpaired) electrons. The Morgan fingerprint density at radius 1 is 1.50 bits per heavy atom. The Labute approximate surface area is 85.8 Å². The van der Waals surface area contributed by atoms with E-state index in [0.717, 1.165) is 0 Å². The number of nitrogens with one attached hydrogen (secondary N) is 1. The fraction of sp³-hybridized carbons (Fsp3) is 0.875. The van der Waals surface area contributed by atoms with Gasteiger partial charge in [-0.05, 0) is 12.8 Å². The molecular weight excluding hydrogens is 219 g/mol. The minimum Gasteiger partial charge on any atom is -0.353 e. The fourth-order valence-electron chi connectivity index (χ4n) is 0.971. The van der Waals surface area contributed by atoms with Gasteiger partial charge in [-0.2, -0.15) is 13.2 Å². The Hall–Kier alpha value is -0.450. The van der Waals surface area contributed by atoms with E-state index in [-0.39, 0.29) is 6.04 Å². The average Bonchev–Trinajstić information content (AvgIpc) is 2.00. The van der Waals surface area contributed by atoms with Crippen LogP contribution in [0.25, 0.3) is 0 Å². The highest BCUT2D eigenvalue weighted by Crippen LogP contribution is 2.19. The van der Waals surface area contributed by atoms with Crippen LogP contribution in [-0.2, 0) is 4.79 Å². The second-order valence-electron chi connectivity index (χ2n) is 2.94. The minimum atomic E-state index is -4.44. The molecule has 0 aromatic rings. The van der Waals surface area contributed by atoms with Crippen molar-refractivity contribution in [3.63, 3.8) is 0 Å². The summed E-state index contributed by atoms with van der Waals surface area (Å²) in [5.41, 5.74) is 0. The second-order valence-corrected chi connectivity index (χ2v) is 3.32. The van der Waals surface area contributed by atoms with Gasteiger partial charge >= 0.3 is 6.18 Å². The second kappa shape index (κ2) is 6.11. The van der Waals surface area contributed by atoms with Crippen LogP contribution >= 0.6 is 11.6 Å². The summed E-state index contributed by atoms with van der Waals surface area (Å²) in [5.74, 6) is -0.667. The van der Waals surface area contributed by atoms with Crippen molar-refractivity contribution in [2.75, 3.05) is 5.88 Å². The van der Waals surface area contributed by atoms with Crippen LogP contribution in [0.2, 0.25) is 0 Å². The summed E-state index contributed by atoms with van der Waals surface area (Å²) < 4.78 is 35.3. The number of amides is 1. The summed E-state index contributed by atoms with van der Waals surface area (Å²) in [6.07, 6.45) is -4.80. The van der Waals surface area contributed by atoms with Gasteiger partial charge in [0.05, 0.1) is 0 Å². The van der Waals surface area contributed by atoms with Crippen molar-refractivity contribution in [2.45, 2.75) is 38.4 Å². The molecule has 0 heterocycles. The van der Waals surface area contributed by atoms with E-state index in [4.69, 9.17) is 11.6 Å². The molecule has 0 spiro atoms. The minimum absolute atomic E-state index is 0.262. The maximum atomic E-state index is 11.8. The van der Waals surface area contributed by atoms with Crippen molar-refractivity contribution in [1.29, 1.82) is 0 Å². The lowest BCUT2D eigenvalue weighted by Crippen LogP contribution is -2.37. The lowest BCUT2D eigenvalue weighted by atomic mass is 10.1. The van der Waals surface area contributed by atoms with E-state index in [1.807, 2.05) is 0 Å². The van der Waals surface area contributed by atoms with Gasteiger partial charge in [-0.15, -0.1) is 11.6 Å². The van der Waals surface area contributed by atoms with Gasteiger partial charge in [0.15, 0.2) is 0 Å². The number of rotatable bonds is 5. The van der Waals surface area contributed by atoms with E-state index in [2.05, 4.69) is 5.32 Å². The number of hydrogen-bond donors (Lipinski definition) is 1. The van der Waals surface area contributed by atoms with Gasteiger partial charge in [-0.25, -0.2) is 0 Å².